The molecular formula is C27H22N10. The molecule has 10 heteroatoms. The van der Waals surface area contributed by atoms with Crippen LogP contribution < -0.4 is 0 Å². The Labute approximate surface area is 212 Å². The monoisotopic (exact) mass is 486 g/mol. The summed E-state index contributed by atoms with van der Waals surface area (Å²) in [6.45, 7) is 0.515. The van der Waals surface area contributed by atoms with Gasteiger partial charge in [0, 0.05) is 18.0 Å². The van der Waals surface area contributed by atoms with Gasteiger partial charge in [0.15, 0.2) is 17.2 Å². The van der Waals surface area contributed by atoms with E-state index in [4.69, 9.17) is 4.98 Å². The number of nitriles is 2. The quantitative estimate of drug-likeness (QED) is 0.382. The van der Waals surface area contributed by atoms with Crippen LogP contribution in [0, 0.1) is 22.7 Å². The van der Waals surface area contributed by atoms with Gasteiger partial charge in [-0.3, -0.25) is 0 Å². The molecule has 1 saturated carbocycles. The van der Waals surface area contributed by atoms with Crippen LogP contribution in [0.1, 0.15) is 60.8 Å². The number of aromatic amines is 1. The lowest BCUT2D eigenvalue weighted by Gasteiger charge is -2.22. The minimum absolute atomic E-state index is 0.152. The Morgan fingerprint density at radius 3 is 2.30 bits per heavy atom. The van der Waals surface area contributed by atoms with Gasteiger partial charge in [0.25, 0.3) is 0 Å². The molecule has 0 radical (unpaired) electrons. The Morgan fingerprint density at radius 1 is 0.865 bits per heavy atom. The maximum absolute atomic E-state index is 9.78. The van der Waals surface area contributed by atoms with Crippen molar-refractivity contribution >= 4 is 11.0 Å². The topological polar surface area (TPSA) is 146 Å². The predicted molar refractivity (Wildman–Crippen MR) is 135 cm³/mol. The van der Waals surface area contributed by atoms with Crippen molar-refractivity contribution in [1.82, 2.24) is 40.4 Å². The third kappa shape index (κ3) is 4.09. The molecule has 0 atom stereocenters. The molecule has 0 aliphatic heterocycles. The highest BCUT2D eigenvalue weighted by Crippen LogP contribution is 2.36. The third-order valence-electron chi connectivity index (χ3n) is 7.01. The molecule has 3 aromatic heterocycles. The summed E-state index contributed by atoms with van der Waals surface area (Å²) in [6, 6.07) is 20.5. The molecule has 180 valence electrons. The lowest BCUT2D eigenvalue weighted by atomic mass is 9.88. The summed E-state index contributed by atoms with van der Waals surface area (Å²) in [4.78, 5) is 4.88. The van der Waals surface area contributed by atoms with Crippen LogP contribution in [0.4, 0.5) is 0 Å². The summed E-state index contributed by atoms with van der Waals surface area (Å²) >= 11 is 0. The van der Waals surface area contributed by atoms with Gasteiger partial charge in [-0.1, -0.05) is 67.8 Å². The molecule has 1 fully saturated rings. The molecular weight excluding hydrogens is 464 g/mol. The van der Waals surface area contributed by atoms with Crippen LogP contribution >= 0.6 is 0 Å². The van der Waals surface area contributed by atoms with Crippen LogP contribution in [-0.2, 0) is 6.54 Å². The van der Waals surface area contributed by atoms with Gasteiger partial charge in [-0.2, -0.15) is 10.5 Å². The maximum atomic E-state index is 9.78. The summed E-state index contributed by atoms with van der Waals surface area (Å²) in [7, 11) is 0. The van der Waals surface area contributed by atoms with Gasteiger partial charge < -0.3 is 4.57 Å². The van der Waals surface area contributed by atoms with Crippen molar-refractivity contribution in [3.05, 3.63) is 71.3 Å². The zero-order chi connectivity index (χ0) is 25.2. The van der Waals surface area contributed by atoms with Crippen molar-refractivity contribution < 1.29 is 0 Å². The second-order valence-corrected chi connectivity index (χ2v) is 9.20. The normalized spacial score (nSPS) is 13.9. The largest absolute Gasteiger partial charge is 0.321 e. The summed E-state index contributed by atoms with van der Waals surface area (Å²) in [5.74, 6) is 1.80. The van der Waals surface area contributed by atoms with Crippen LogP contribution in [0.15, 0.2) is 48.5 Å². The van der Waals surface area contributed by atoms with E-state index in [0.717, 1.165) is 53.8 Å². The predicted octanol–water partition coefficient (Wildman–Crippen LogP) is 4.51. The highest BCUT2D eigenvalue weighted by Gasteiger charge is 2.26. The third-order valence-corrected chi connectivity index (χ3v) is 7.01. The van der Waals surface area contributed by atoms with Gasteiger partial charge in [-0.15, -0.1) is 15.3 Å². The van der Waals surface area contributed by atoms with E-state index >= 15 is 0 Å². The number of fused-ring (bicyclic) bond motifs is 1. The molecule has 5 aromatic rings. The second kappa shape index (κ2) is 9.59. The average molecular weight is 487 g/mol. The highest BCUT2D eigenvalue weighted by atomic mass is 15.5. The molecule has 3 heterocycles. The Kier molecular flexibility index (Phi) is 5.83. The Hall–Kier alpha value is -4.96. The molecule has 37 heavy (non-hydrogen) atoms. The van der Waals surface area contributed by atoms with Gasteiger partial charge in [0.2, 0.25) is 0 Å². The fraction of sp³-hybridized carbons (Fsp3) is 0.259. The Bertz CT molecular complexity index is 1650. The number of H-pyrrole nitrogens is 1. The first-order valence-electron chi connectivity index (χ1n) is 12.3. The van der Waals surface area contributed by atoms with Crippen molar-refractivity contribution in [2.75, 3.05) is 0 Å². The van der Waals surface area contributed by atoms with Crippen LogP contribution in [-0.4, -0.2) is 40.4 Å². The number of nitrogens with one attached hydrogen (secondary N) is 1. The summed E-state index contributed by atoms with van der Waals surface area (Å²) in [5, 5.41) is 41.7. The van der Waals surface area contributed by atoms with Crippen molar-refractivity contribution in [2.24, 2.45) is 0 Å². The maximum Gasteiger partial charge on any atom is 0.190 e. The Balaban J connectivity index is 1.41. The molecule has 1 aliphatic rings. The lowest BCUT2D eigenvalue weighted by molar-refractivity contribution is 0.420. The average Bonchev–Trinajstić information content (AvgIpc) is 3.63. The van der Waals surface area contributed by atoms with Crippen molar-refractivity contribution in [3.63, 3.8) is 0 Å². The summed E-state index contributed by atoms with van der Waals surface area (Å²) < 4.78 is 2.07. The zero-order valence-electron chi connectivity index (χ0n) is 20.0. The summed E-state index contributed by atoms with van der Waals surface area (Å²) in [6.07, 6.45) is 5.60. The number of aromatic nitrogens is 8. The first-order chi connectivity index (χ1) is 18.3. The SMILES string of the molecule is N#Cc1nnc(C#N)c2c1nc(C1CCCCC1)n2Cc1ccc(-c2ccccc2-c2nnn[nH]2)cc1. The molecule has 0 amide bonds. The highest BCUT2D eigenvalue weighted by molar-refractivity contribution is 5.84. The molecule has 1 N–H and O–H groups in total. The van der Waals surface area contributed by atoms with Crippen molar-refractivity contribution in [1.29, 1.82) is 10.5 Å². The standard InChI is InChI=1S/C27H22N10/c28-14-22-24-25(23(15-29)32-31-22)37(27(30-24)19-6-2-1-3-7-19)16-17-10-12-18(13-11-17)20-8-4-5-9-21(20)26-33-35-36-34-26/h4-5,8-13,19H,1-3,6-7,16H2,(H,33,34,35,36). The van der Waals surface area contributed by atoms with Gasteiger partial charge in [-0.25, -0.2) is 10.1 Å². The molecule has 0 saturated heterocycles. The first-order valence-corrected chi connectivity index (χ1v) is 12.3. The van der Waals surface area contributed by atoms with E-state index in [0.29, 0.717) is 23.4 Å². The van der Waals surface area contributed by atoms with Crippen LogP contribution in [0.3, 0.4) is 0 Å². The van der Waals surface area contributed by atoms with Gasteiger partial charge in [0.05, 0.1) is 0 Å². The van der Waals surface area contributed by atoms with Gasteiger partial charge >= 0.3 is 0 Å². The molecule has 10 nitrogen and oxygen atoms in total. The van der Waals surface area contributed by atoms with Crippen LogP contribution in [0.25, 0.3) is 33.5 Å². The number of benzene rings is 2. The fourth-order valence-electron chi connectivity index (χ4n) is 5.24. The second-order valence-electron chi connectivity index (χ2n) is 9.20. The van der Waals surface area contributed by atoms with Crippen LogP contribution in [0.2, 0.25) is 0 Å². The van der Waals surface area contributed by atoms with E-state index in [1.165, 1.54) is 6.42 Å². The van der Waals surface area contributed by atoms with E-state index in [2.05, 4.69) is 71.8 Å². The van der Waals surface area contributed by atoms with E-state index in [9.17, 15) is 10.5 Å². The van der Waals surface area contributed by atoms with Gasteiger partial charge in [0.1, 0.15) is 29.0 Å². The Morgan fingerprint density at radius 2 is 1.59 bits per heavy atom. The number of tetrazole rings is 1. The molecule has 6 rings (SSSR count). The lowest BCUT2D eigenvalue weighted by Crippen LogP contribution is -2.13. The van der Waals surface area contributed by atoms with Crippen molar-refractivity contribution in [3.8, 4) is 34.7 Å². The van der Waals surface area contributed by atoms with Gasteiger partial charge in [-0.05, 0) is 40.0 Å². The smallest absolute Gasteiger partial charge is 0.190 e. The molecule has 1 aliphatic carbocycles. The van der Waals surface area contributed by atoms with Crippen molar-refractivity contribution in [2.45, 2.75) is 44.6 Å². The molecule has 0 unspecified atom stereocenters. The fourth-order valence-corrected chi connectivity index (χ4v) is 5.24. The molecule has 0 spiro atoms. The van der Waals surface area contributed by atoms with Crippen LogP contribution in [0.5, 0.6) is 0 Å². The minimum Gasteiger partial charge on any atom is -0.321 e. The number of hydrogen-bond acceptors (Lipinski definition) is 8. The van der Waals surface area contributed by atoms with E-state index in [1.54, 1.807) is 0 Å². The number of hydrogen-bond donors (Lipinski definition) is 1. The first kappa shape index (κ1) is 22.5. The molecule has 2 aromatic carbocycles. The zero-order valence-corrected chi connectivity index (χ0v) is 20.0. The number of imidazole rings is 1. The number of rotatable bonds is 5. The van der Waals surface area contributed by atoms with E-state index < -0.39 is 0 Å². The summed E-state index contributed by atoms with van der Waals surface area (Å²) in [5.41, 5.74) is 5.41. The minimum atomic E-state index is 0.152. The van der Waals surface area contributed by atoms with E-state index in [-0.39, 0.29) is 17.3 Å². The number of nitrogens with zero attached hydrogens (tertiary/aromatic N) is 9. The molecule has 0 bridgehead atoms. The van der Waals surface area contributed by atoms with E-state index in [1.807, 2.05) is 24.3 Å².